The van der Waals surface area contributed by atoms with Crippen LogP contribution in [0.15, 0.2) is 42.5 Å². The Labute approximate surface area is 209 Å². The lowest BCUT2D eigenvalue weighted by molar-refractivity contribution is -0.142. The molecule has 3 aliphatic rings. The van der Waals surface area contributed by atoms with Crippen LogP contribution in [0.2, 0.25) is 0 Å². The van der Waals surface area contributed by atoms with Crippen molar-refractivity contribution in [2.75, 3.05) is 11.9 Å². The fraction of sp³-hybridized carbons (Fsp3) is 0.481. The van der Waals surface area contributed by atoms with Gasteiger partial charge in [-0.1, -0.05) is 31.0 Å². The van der Waals surface area contributed by atoms with Crippen molar-refractivity contribution in [2.24, 2.45) is 0 Å². The summed E-state index contributed by atoms with van der Waals surface area (Å²) in [6, 6.07) is 11.8. The van der Waals surface area contributed by atoms with Crippen LogP contribution in [0, 0.1) is 5.82 Å². The number of hydrogen-bond acceptors (Lipinski definition) is 5. The van der Waals surface area contributed by atoms with Crippen molar-refractivity contribution < 1.29 is 28.6 Å². The summed E-state index contributed by atoms with van der Waals surface area (Å²) in [7, 11) is 0. The van der Waals surface area contributed by atoms with Gasteiger partial charge in [0, 0.05) is 35.3 Å². The molecule has 2 heterocycles. The summed E-state index contributed by atoms with van der Waals surface area (Å²) in [6.45, 7) is -0.144. The lowest BCUT2D eigenvalue weighted by Gasteiger charge is -2.37. The number of rotatable bonds is 7. The number of hydrogen-bond donors (Lipinski definition) is 4. The third kappa shape index (κ3) is 5.47. The van der Waals surface area contributed by atoms with E-state index in [2.05, 4.69) is 16.0 Å². The second kappa shape index (κ2) is 10.8. The molecular weight excluding hydrogens is 465 g/mol. The molecule has 1 aliphatic carbocycles. The zero-order chi connectivity index (χ0) is 25.1. The van der Waals surface area contributed by atoms with E-state index in [1.807, 2.05) is 12.1 Å². The Morgan fingerprint density at radius 1 is 1.11 bits per heavy atom. The second-order valence-corrected chi connectivity index (χ2v) is 9.81. The number of carbonyl (C=O) groups excluding carboxylic acids is 2. The summed E-state index contributed by atoms with van der Waals surface area (Å²) in [4.78, 5) is 25.0. The average Bonchev–Trinajstić information content (AvgIpc) is 3.50. The third-order valence-electron chi connectivity index (χ3n) is 7.29. The molecule has 4 atom stereocenters. The minimum Gasteiger partial charge on any atom is -0.487 e. The average molecular weight is 498 g/mol. The number of anilines is 1. The minimum absolute atomic E-state index is 0.0880. The Hall–Kier alpha value is -3.17. The number of halogens is 1. The molecule has 36 heavy (non-hydrogen) atoms. The molecule has 192 valence electrons. The van der Waals surface area contributed by atoms with E-state index in [9.17, 15) is 19.1 Å². The van der Waals surface area contributed by atoms with E-state index < -0.39 is 12.2 Å². The smallest absolute Gasteiger partial charge is 0.319 e. The minimum atomic E-state index is -0.581. The Morgan fingerprint density at radius 2 is 1.92 bits per heavy atom. The largest absolute Gasteiger partial charge is 0.487 e. The van der Waals surface area contributed by atoms with Crippen molar-refractivity contribution in [1.82, 2.24) is 10.6 Å². The summed E-state index contributed by atoms with van der Waals surface area (Å²) in [5.41, 5.74) is 2.01. The molecule has 0 unspecified atom stereocenters. The molecule has 9 heteroatoms. The van der Waals surface area contributed by atoms with E-state index in [1.54, 1.807) is 24.3 Å². The van der Waals surface area contributed by atoms with E-state index in [-0.39, 0.29) is 55.4 Å². The number of benzene rings is 2. The van der Waals surface area contributed by atoms with E-state index in [0.29, 0.717) is 23.4 Å². The van der Waals surface area contributed by atoms with Crippen LogP contribution in [0.5, 0.6) is 5.75 Å². The Balaban J connectivity index is 1.22. The van der Waals surface area contributed by atoms with Gasteiger partial charge < -0.3 is 30.5 Å². The van der Waals surface area contributed by atoms with Crippen LogP contribution in [0.25, 0.3) is 0 Å². The molecule has 0 spiro atoms. The second-order valence-electron chi connectivity index (χ2n) is 9.81. The van der Waals surface area contributed by atoms with Gasteiger partial charge >= 0.3 is 6.03 Å². The fourth-order valence-electron chi connectivity index (χ4n) is 5.50. The predicted molar refractivity (Wildman–Crippen MR) is 131 cm³/mol. The van der Waals surface area contributed by atoms with Gasteiger partial charge in [0.1, 0.15) is 23.8 Å². The quantitative estimate of drug-likeness (QED) is 0.468. The van der Waals surface area contributed by atoms with E-state index in [0.717, 1.165) is 31.2 Å². The van der Waals surface area contributed by atoms with E-state index in [1.165, 1.54) is 6.07 Å². The van der Waals surface area contributed by atoms with Gasteiger partial charge in [-0.2, -0.15) is 0 Å². The number of aliphatic hydroxyl groups excluding tert-OH is 1. The standard InChI is InChI=1S/C27H32FN3O5/c28-22-8-4-1-5-16(22)14-29-25(33)13-19-12-21-20-11-18(31-27(34)30-17-6-2-3-7-17)9-10-23(20)36-26(21)24(15-32)35-19/h1,4-5,8-11,17,19,21,24,26,32H,2-3,6-7,12-15H2,(H,29,33)(H2,30,31,34)/t19-,21+,24-,26-/m1/s1. The number of ether oxygens (including phenoxy) is 2. The van der Waals surface area contributed by atoms with Crippen LogP contribution < -0.4 is 20.7 Å². The van der Waals surface area contributed by atoms with Gasteiger partial charge in [-0.15, -0.1) is 0 Å². The first-order valence-corrected chi connectivity index (χ1v) is 12.6. The zero-order valence-electron chi connectivity index (χ0n) is 20.0. The highest BCUT2D eigenvalue weighted by molar-refractivity contribution is 5.89. The number of nitrogens with one attached hydrogen (secondary N) is 3. The van der Waals surface area contributed by atoms with Crippen molar-refractivity contribution in [3.63, 3.8) is 0 Å². The molecule has 3 amide bonds. The molecule has 0 bridgehead atoms. The number of fused-ring (bicyclic) bond motifs is 3. The molecule has 0 aromatic heterocycles. The van der Waals surface area contributed by atoms with Crippen LogP contribution in [-0.4, -0.2) is 48.0 Å². The zero-order valence-corrected chi connectivity index (χ0v) is 20.0. The van der Waals surface area contributed by atoms with Crippen molar-refractivity contribution in [3.8, 4) is 5.75 Å². The van der Waals surface area contributed by atoms with E-state index in [4.69, 9.17) is 9.47 Å². The number of urea groups is 1. The Bertz CT molecular complexity index is 1110. The summed E-state index contributed by atoms with van der Waals surface area (Å²) in [5.74, 6) is -0.0131. The van der Waals surface area contributed by atoms with E-state index >= 15 is 0 Å². The third-order valence-corrected chi connectivity index (χ3v) is 7.29. The van der Waals surface area contributed by atoms with Crippen LogP contribution >= 0.6 is 0 Å². The van der Waals surface area contributed by atoms with Gasteiger partial charge in [0.2, 0.25) is 5.91 Å². The Kier molecular flexibility index (Phi) is 7.38. The molecule has 5 rings (SSSR count). The molecule has 1 saturated heterocycles. The molecule has 8 nitrogen and oxygen atoms in total. The van der Waals surface area contributed by atoms with Gasteiger partial charge in [-0.3, -0.25) is 4.79 Å². The van der Waals surface area contributed by atoms with Gasteiger partial charge in [-0.25, -0.2) is 9.18 Å². The molecular formula is C27H32FN3O5. The summed E-state index contributed by atoms with van der Waals surface area (Å²) in [5, 5.41) is 18.6. The topological polar surface area (TPSA) is 109 Å². The highest BCUT2D eigenvalue weighted by atomic mass is 19.1. The first-order chi connectivity index (χ1) is 17.5. The van der Waals surface area contributed by atoms with Crippen LogP contribution in [0.1, 0.15) is 55.6 Å². The first-order valence-electron chi connectivity index (χ1n) is 12.6. The normalized spacial score (nSPS) is 24.9. The Morgan fingerprint density at radius 3 is 2.69 bits per heavy atom. The highest BCUT2D eigenvalue weighted by Gasteiger charge is 2.46. The lowest BCUT2D eigenvalue weighted by atomic mass is 9.84. The molecule has 2 aromatic rings. The molecule has 1 saturated carbocycles. The maximum absolute atomic E-state index is 13.8. The van der Waals surface area contributed by atoms with Crippen molar-refractivity contribution in [3.05, 3.63) is 59.4 Å². The predicted octanol–water partition coefficient (Wildman–Crippen LogP) is 3.59. The SMILES string of the molecule is O=C(C[C@H]1C[C@H]2c3cc(NC(=O)NC4CCCC4)ccc3O[C@H]2[C@@H](CO)O1)NCc1ccccc1F. The summed E-state index contributed by atoms with van der Waals surface area (Å²) >= 11 is 0. The molecule has 4 N–H and O–H groups in total. The molecule has 2 fully saturated rings. The lowest BCUT2D eigenvalue weighted by Crippen LogP contribution is -2.47. The maximum Gasteiger partial charge on any atom is 0.319 e. The fourth-order valence-corrected chi connectivity index (χ4v) is 5.50. The van der Waals surface area contributed by atoms with Crippen LogP contribution in [0.3, 0.4) is 0 Å². The van der Waals surface area contributed by atoms with Gasteiger partial charge in [0.25, 0.3) is 0 Å². The van der Waals surface area contributed by atoms with Gasteiger partial charge in [-0.05, 0) is 43.5 Å². The van der Waals surface area contributed by atoms with Gasteiger partial charge in [0.05, 0.1) is 19.1 Å². The maximum atomic E-state index is 13.8. The molecule has 0 radical (unpaired) electrons. The summed E-state index contributed by atoms with van der Waals surface area (Å²) in [6.07, 6.45) is 3.53. The summed E-state index contributed by atoms with van der Waals surface area (Å²) < 4.78 is 26.0. The molecule has 2 aromatic carbocycles. The van der Waals surface area contributed by atoms with Crippen molar-refractivity contribution >= 4 is 17.6 Å². The van der Waals surface area contributed by atoms with Crippen LogP contribution in [0.4, 0.5) is 14.9 Å². The van der Waals surface area contributed by atoms with Gasteiger partial charge in [0.15, 0.2) is 0 Å². The monoisotopic (exact) mass is 497 g/mol. The number of amides is 3. The van der Waals surface area contributed by atoms with Crippen LogP contribution in [-0.2, 0) is 16.1 Å². The van der Waals surface area contributed by atoms with Crippen molar-refractivity contribution in [1.29, 1.82) is 0 Å². The highest BCUT2D eigenvalue weighted by Crippen LogP contribution is 2.47. The first kappa shape index (κ1) is 24.5. The molecule has 2 aliphatic heterocycles. The van der Waals surface area contributed by atoms with Crippen molar-refractivity contribution in [2.45, 2.75) is 75.3 Å². The number of aliphatic hydroxyl groups is 1. The number of carbonyl (C=O) groups is 2.